The number of carbonyl (C=O) groups is 2. The van der Waals surface area contributed by atoms with Gasteiger partial charge in [-0.15, -0.1) is 11.3 Å². The van der Waals surface area contributed by atoms with Crippen LogP contribution in [-0.2, 0) is 16.0 Å². The molecule has 1 fully saturated rings. The van der Waals surface area contributed by atoms with Gasteiger partial charge in [-0.3, -0.25) is 14.5 Å². The molecule has 160 valence electrons. The van der Waals surface area contributed by atoms with Crippen LogP contribution in [0.3, 0.4) is 0 Å². The molecule has 2 aromatic rings. The van der Waals surface area contributed by atoms with E-state index < -0.39 is 0 Å². The van der Waals surface area contributed by atoms with E-state index in [0.717, 1.165) is 18.5 Å². The fourth-order valence-electron chi connectivity index (χ4n) is 4.73. The highest BCUT2D eigenvalue weighted by atomic mass is 32.1. The molecule has 0 aliphatic carbocycles. The zero-order chi connectivity index (χ0) is 21.3. The summed E-state index contributed by atoms with van der Waals surface area (Å²) in [4.78, 5) is 31.9. The van der Waals surface area contributed by atoms with Crippen LogP contribution in [0.5, 0.6) is 0 Å². The van der Waals surface area contributed by atoms with Crippen LogP contribution < -0.4 is 0 Å². The Bertz CT molecular complexity index is 931. The van der Waals surface area contributed by atoms with Crippen molar-refractivity contribution in [3.8, 4) is 0 Å². The van der Waals surface area contributed by atoms with Crippen molar-refractivity contribution in [2.24, 2.45) is 0 Å². The summed E-state index contributed by atoms with van der Waals surface area (Å²) < 4.78 is 13.9. The van der Waals surface area contributed by atoms with Gasteiger partial charge in [0, 0.05) is 57.0 Å². The van der Waals surface area contributed by atoms with Gasteiger partial charge in [0.1, 0.15) is 5.82 Å². The van der Waals surface area contributed by atoms with E-state index in [1.807, 2.05) is 22.8 Å². The third-order valence-electron chi connectivity index (χ3n) is 6.23. The van der Waals surface area contributed by atoms with Gasteiger partial charge in [-0.1, -0.05) is 12.1 Å². The molecule has 0 N–H and O–H groups in total. The Morgan fingerprint density at radius 3 is 2.77 bits per heavy atom. The van der Waals surface area contributed by atoms with Crippen molar-refractivity contribution in [2.45, 2.75) is 38.8 Å². The van der Waals surface area contributed by atoms with E-state index in [1.165, 1.54) is 16.5 Å². The second-order valence-electron chi connectivity index (χ2n) is 8.19. The number of thiophene rings is 1. The maximum Gasteiger partial charge on any atom is 0.223 e. The number of carbonyl (C=O) groups excluding carboxylic acids is 2. The van der Waals surface area contributed by atoms with E-state index >= 15 is 0 Å². The number of rotatable bonds is 4. The second-order valence-corrected chi connectivity index (χ2v) is 9.19. The SMILES string of the molecule is CC(=O)N1CCN(C(=O)CCN2CCc3sccc3[C@@H]2c2cccc(F)c2)C[C@H]1C. The molecule has 0 radical (unpaired) electrons. The van der Waals surface area contributed by atoms with Crippen LogP contribution in [0.25, 0.3) is 0 Å². The third-order valence-corrected chi connectivity index (χ3v) is 7.22. The molecule has 0 unspecified atom stereocenters. The third kappa shape index (κ3) is 4.27. The van der Waals surface area contributed by atoms with Crippen LogP contribution >= 0.6 is 11.3 Å². The van der Waals surface area contributed by atoms with Gasteiger partial charge in [0.2, 0.25) is 11.8 Å². The van der Waals surface area contributed by atoms with Gasteiger partial charge in [-0.25, -0.2) is 4.39 Å². The van der Waals surface area contributed by atoms with Gasteiger partial charge >= 0.3 is 0 Å². The minimum absolute atomic E-state index is 0.0167. The number of piperazine rings is 1. The summed E-state index contributed by atoms with van der Waals surface area (Å²) in [6.45, 7) is 6.83. The first-order valence-electron chi connectivity index (χ1n) is 10.5. The van der Waals surface area contributed by atoms with E-state index in [2.05, 4.69) is 16.3 Å². The number of fused-ring (bicyclic) bond motifs is 1. The smallest absolute Gasteiger partial charge is 0.223 e. The predicted octanol–water partition coefficient (Wildman–Crippen LogP) is 3.30. The highest BCUT2D eigenvalue weighted by molar-refractivity contribution is 7.10. The highest BCUT2D eigenvalue weighted by Crippen LogP contribution is 2.38. The lowest BCUT2D eigenvalue weighted by Crippen LogP contribution is -2.55. The number of halogens is 1. The van der Waals surface area contributed by atoms with Crippen molar-refractivity contribution >= 4 is 23.2 Å². The van der Waals surface area contributed by atoms with Gasteiger partial charge in [0.25, 0.3) is 0 Å². The monoisotopic (exact) mass is 429 g/mol. The molecule has 1 saturated heterocycles. The lowest BCUT2D eigenvalue weighted by Gasteiger charge is -2.40. The molecule has 2 aliphatic rings. The Hall–Kier alpha value is -2.25. The molecule has 30 heavy (non-hydrogen) atoms. The van der Waals surface area contributed by atoms with E-state index in [9.17, 15) is 14.0 Å². The molecule has 7 heteroatoms. The van der Waals surface area contributed by atoms with Crippen molar-refractivity contribution in [1.29, 1.82) is 0 Å². The minimum Gasteiger partial charge on any atom is -0.339 e. The Morgan fingerprint density at radius 1 is 1.20 bits per heavy atom. The summed E-state index contributed by atoms with van der Waals surface area (Å²) in [6, 6.07) is 8.96. The molecule has 1 aromatic heterocycles. The van der Waals surface area contributed by atoms with Crippen molar-refractivity contribution in [3.05, 3.63) is 57.5 Å². The average molecular weight is 430 g/mol. The lowest BCUT2D eigenvalue weighted by molar-refractivity contribution is -0.141. The van der Waals surface area contributed by atoms with Crippen LogP contribution in [0.1, 0.15) is 42.3 Å². The first kappa shape index (κ1) is 21.0. The molecule has 2 aliphatic heterocycles. The number of hydrogen-bond acceptors (Lipinski definition) is 4. The van der Waals surface area contributed by atoms with E-state index in [-0.39, 0.29) is 29.7 Å². The van der Waals surface area contributed by atoms with Crippen LogP contribution in [-0.4, -0.2) is 65.3 Å². The predicted molar refractivity (Wildman–Crippen MR) is 116 cm³/mol. The van der Waals surface area contributed by atoms with Crippen molar-refractivity contribution in [3.63, 3.8) is 0 Å². The van der Waals surface area contributed by atoms with Crippen LogP contribution in [0, 0.1) is 5.82 Å². The Kier molecular flexibility index (Phi) is 6.20. The van der Waals surface area contributed by atoms with E-state index in [0.29, 0.717) is 32.6 Å². The zero-order valence-corrected chi connectivity index (χ0v) is 18.3. The molecule has 2 atom stereocenters. The number of amides is 2. The van der Waals surface area contributed by atoms with Crippen molar-refractivity contribution < 1.29 is 14.0 Å². The Labute approximate surface area is 181 Å². The average Bonchev–Trinajstić information content (AvgIpc) is 3.20. The summed E-state index contributed by atoms with van der Waals surface area (Å²) >= 11 is 1.75. The van der Waals surface area contributed by atoms with Crippen LogP contribution in [0.4, 0.5) is 4.39 Å². The van der Waals surface area contributed by atoms with Gasteiger partial charge in [0.05, 0.1) is 6.04 Å². The fourth-order valence-corrected chi connectivity index (χ4v) is 5.63. The molecule has 0 saturated carbocycles. The zero-order valence-electron chi connectivity index (χ0n) is 17.5. The van der Waals surface area contributed by atoms with Crippen molar-refractivity contribution in [2.75, 3.05) is 32.7 Å². The molecule has 0 bridgehead atoms. The Morgan fingerprint density at radius 2 is 2.03 bits per heavy atom. The summed E-state index contributed by atoms with van der Waals surface area (Å²) in [5.74, 6) is -0.0465. The second kappa shape index (κ2) is 8.86. The number of hydrogen-bond donors (Lipinski definition) is 0. The van der Waals surface area contributed by atoms with Gasteiger partial charge < -0.3 is 9.80 Å². The first-order valence-corrected chi connectivity index (χ1v) is 11.4. The van der Waals surface area contributed by atoms with E-state index in [1.54, 1.807) is 30.4 Å². The van der Waals surface area contributed by atoms with Crippen LogP contribution in [0.15, 0.2) is 35.7 Å². The normalized spacial score (nSPS) is 22.1. The summed E-state index contributed by atoms with van der Waals surface area (Å²) in [6.07, 6.45) is 1.39. The molecule has 2 amide bonds. The number of nitrogens with zero attached hydrogens (tertiary/aromatic N) is 3. The first-order chi connectivity index (χ1) is 14.4. The highest BCUT2D eigenvalue weighted by Gasteiger charge is 2.32. The molecule has 5 nitrogen and oxygen atoms in total. The summed E-state index contributed by atoms with van der Waals surface area (Å²) in [5.41, 5.74) is 2.17. The lowest BCUT2D eigenvalue weighted by atomic mass is 9.93. The molecule has 3 heterocycles. The quantitative estimate of drug-likeness (QED) is 0.749. The standard InChI is InChI=1S/C23H28FN3O2S/c1-16-15-26(11-12-27(16)17(2)28)22(29)7-10-25-9-6-21-20(8-13-30-21)23(25)18-4-3-5-19(24)14-18/h3-5,8,13-14,16,23H,6-7,9-12,15H2,1-2H3/t16-,23+/m1/s1. The summed E-state index contributed by atoms with van der Waals surface area (Å²) in [5, 5.41) is 2.10. The minimum atomic E-state index is -0.233. The molecular weight excluding hydrogens is 401 g/mol. The molecule has 4 rings (SSSR count). The fraction of sp³-hybridized carbons (Fsp3) is 0.478. The topological polar surface area (TPSA) is 43.9 Å². The largest absolute Gasteiger partial charge is 0.339 e. The van der Waals surface area contributed by atoms with Gasteiger partial charge in [0.15, 0.2) is 0 Å². The molecule has 0 spiro atoms. The Balaban J connectivity index is 1.45. The summed E-state index contributed by atoms with van der Waals surface area (Å²) in [7, 11) is 0. The number of benzene rings is 1. The maximum atomic E-state index is 13.9. The maximum absolute atomic E-state index is 13.9. The molecule has 1 aromatic carbocycles. The molecular formula is C23H28FN3O2S. The van der Waals surface area contributed by atoms with Crippen molar-refractivity contribution in [1.82, 2.24) is 14.7 Å². The van der Waals surface area contributed by atoms with E-state index in [4.69, 9.17) is 0 Å². The van der Waals surface area contributed by atoms with Crippen LogP contribution in [0.2, 0.25) is 0 Å². The van der Waals surface area contributed by atoms with Gasteiger partial charge in [-0.2, -0.15) is 0 Å². The van der Waals surface area contributed by atoms with Gasteiger partial charge in [-0.05, 0) is 48.1 Å².